The standard InChI is InChI=1S/C11H25NO/c1-5-6-7-8-10(2)12-11(3,4)9-13/h10,12-13H,5-9H2,1-4H3. The second kappa shape index (κ2) is 6.39. The van der Waals surface area contributed by atoms with Crippen LogP contribution >= 0.6 is 0 Å². The fourth-order valence-corrected chi connectivity index (χ4v) is 1.49. The summed E-state index contributed by atoms with van der Waals surface area (Å²) in [5.74, 6) is 0. The number of aliphatic hydroxyl groups excluding tert-OH is 1. The third-order valence-corrected chi connectivity index (χ3v) is 2.27. The maximum absolute atomic E-state index is 9.05. The zero-order valence-corrected chi connectivity index (χ0v) is 9.56. The summed E-state index contributed by atoms with van der Waals surface area (Å²) in [6.07, 6.45) is 5.07. The normalized spacial score (nSPS) is 14.5. The summed E-state index contributed by atoms with van der Waals surface area (Å²) in [4.78, 5) is 0. The Labute approximate surface area is 82.7 Å². The van der Waals surface area contributed by atoms with Gasteiger partial charge in [-0.05, 0) is 27.2 Å². The van der Waals surface area contributed by atoms with Gasteiger partial charge in [0.2, 0.25) is 0 Å². The summed E-state index contributed by atoms with van der Waals surface area (Å²) < 4.78 is 0. The van der Waals surface area contributed by atoms with Crippen LogP contribution in [0.1, 0.15) is 53.4 Å². The Morgan fingerprint density at radius 1 is 1.31 bits per heavy atom. The molecule has 0 aliphatic heterocycles. The van der Waals surface area contributed by atoms with Crippen LogP contribution < -0.4 is 5.32 Å². The lowest BCUT2D eigenvalue weighted by atomic mass is 10.0. The number of nitrogens with one attached hydrogen (secondary N) is 1. The summed E-state index contributed by atoms with van der Waals surface area (Å²) in [7, 11) is 0. The van der Waals surface area contributed by atoms with Gasteiger partial charge >= 0.3 is 0 Å². The van der Waals surface area contributed by atoms with E-state index in [0.29, 0.717) is 6.04 Å². The van der Waals surface area contributed by atoms with Crippen LogP contribution in [0.3, 0.4) is 0 Å². The van der Waals surface area contributed by atoms with Crippen molar-refractivity contribution in [3.05, 3.63) is 0 Å². The highest BCUT2D eigenvalue weighted by atomic mass is 16.3. The maximum Gasteiger partial charge on any atom is 0.0607 e. The van der Waals surface area contributed by atoms with Crippen LogP contribution in [0.4, 0.5) is 0 Å². The van der Waals surface area contributed by atoms with E-state index in [0.717, 1.165) is 0 Å². The van der Waals surface area contributed by atoms with E-state index >= 15 is 0 Å². The van der Waals surface area contributed by atoms with E-state index in [4.69, 9.17) is 5.11 Å². The van der Waals surface area contributed by atoms with E-state index < -0.39 is 0 Å². The lowest BCUT2D eigenvalue weighted by Gasteiger charge is -2.28. The van der Waals surface area contributed by atoms with Crippen molar-refractivity contribution in [2.45, 2.75) is 65.0 Å². The molecular weight excluding hydrogens is 162 g/mol. The van der Waals surface area contributed by atoms with Crippen molar-refractivity contribution in [3.63, 3.8) is 0 Å². The van der Waals surface area contributed by atoms with Gasteiger partial charge in [0.1, 0.15) is 0 Å². The Balaban J connectivity index is 3.55. The summed E-state index contributed by atoms with van der Waals surface area (Å²) in [5.41, 5.74) is -0.133. The fourth-order valence-electron chi connectivity index (χ4n) is 1.49. The van der Waals surface area contributed by atoms with Gasteiger partial charge in [-0.2, -0.15) is 0 Å². The minimum absolute atomic E-state index is 0.133. The molecule has 80 valence electrons. The second-order valence-electron chi connectivity index (χ2n) is 4.58. The van der Waals surface area contributed by atoms with Gasteiger partial charge in [-0.25, -0.2) is 0 Å². The summed E-state index contributed by atoms with van der Waals surface area (Å²) in [6, 6.07) is 0.508. The third kappa shape index (κ3) is 7.03. The van der Waals surface area contributed by atoms with Gasteiger partial charge in [-0.3, -0.25) is 0 Å². The van der Waals surface area contributed by atoms with Crippen molar-refractivity contribution in [1.29, 1.82) is 0 Å². The number of aliphatic hydroxyl groups is 1. The van der Waals surface area contributed by atoms with Crippen molar-refractivity contribution >= 4 is 0 Å². The van der Waals surface area contributed by atoms with E-state index in [2.05, 4.69) is 19.2 Å². The van der Waals surface area contributed by atoms with E-state index in [9.17, 15) is 0 Å². The molecule has 2 heteroatoms. The Hall–Kier alpha value is -0.0800. The zero-order valence-electron chi connectivity index (χ0n) is 9.56. The molecule has 2 nitrogen and oxygen atoms in total. The van der Waals surface area contributed by atoms with E-state index in [1.807, 2.05) is 13.8 Å². The molecule has 13 heavy (non-hydrogen) atoms. The molecule has 0 heterocycles. The Morgan fingerprint density at radius 2 is 1.92 bits per heavy atom. The first-order valence-electron chi connectivity index (χ1n) is 5.40. The molecule has 1 unspecified atom stereocenters. The molecule has 0 aliphatic carbocycles. The van der Waals surface area contributed by atoms with Crippen molar-refractivity contribution in [3.8, 4) is 0 Å². The zero-order chi connectivity index (χ0) is 10.3. The van der Waals surface area contributed by atoms with Crippen LogP contribution in [-0.2, 0) is 0 Å². The first-order chi connectivity index (χ1) is 6.02. The number of rotatable bonds is 7. The topological polar surface area (TPSA) is 32.3 Å². The van der Waals surface area contributed by atoms with Crippen molar-refractivity contribution < 1.29 is 5.11 Å². The van der Waals surface area contributed by atoms with Crippen LogP contribution in [0.25, 0.3) is 0 Å². The largest absolute Gasteiger partial charge is 0.394 e. The van der Waals surface area contributed by atoms with Crippen LogP contribution in [0, 0.1) is 0 Å². The van der Waals surface area contributed by atoms with Gasteiger partial charge in [0, 0.05) is 11.6 Å². The molecule has 0 rings (SSSR count). The van der Waals surface area contributed by atoms with E-state index in [1.54, 1.807) is 0 Å². The predicted molar refractivity (Wildman–Crippen MR) is 57.9 cm³/mol. The summed E-state index contributed by atoms with van der Waals surface area (Å²) in [5, 5.41) is 12.5. The Morgan fingerprint density at radius 3 is 2.38 bits per heavy atom. The predicted octanol–water partition coefficient (Wildman–Crippen LogP) is 2.32. The fraction of sp³-hybridized carbons (Fsp3) is 1.00. The molecule has 0 saturated heterocycles. The highest BCUT2D eigenvalue weighted by Gasteiger charge is 2.17. The molecular formula is C11H25NO. The summed E-state index contributed by atoms with van der Waals surface area (Å²) >= 11 is 0. The first-order valence-corrected chi connectivity index (χ1v) is 5.40. The number of unbranched alkanes of at least 4 members (excludes halogenated alkanes) is 2. The number of hydrogen-bond donors (Lipinski definition) is 2. The molecule has 0 amide bonds. The second-order valence-corrected chi connectivity index (χ2v) is 4.58. The van der Waals surface area contributed by atoms with Gasteiger partial charge in [-0.15, -0.1) is 0 Å². The summed E-state index contributed by atoms with van der Waals surface area (Å²) in [6.45, 7) is 8.67. The average molecular weight is 187 g/mol. The molecule has 0 aliphatic rings. The smallest absolute Gasteiger partial charge is 0.0607 e. The number of hydrogen-bond acceptors (Lipinski definition) is 2. The van der Waals surface area contributed by atoms with Gasteiger partial charge in [0.05, 0.1) is 6.61 Å². The molecule has 1 atom stereocenters. The van der Waals surface area contributed by atoms with Crippen LogP contribution in [-0.4, -0.2) is 23.3 Å². The minimum Gasteiger partial charge on any atom is -0.394 e. The van der Waals surface area contributed by atoms with Gasteiger partial charge in [-0.1, -0.05) is 26.2 Å². The molecule has 0 aromatic heterocycles. The van der Waals surface area contributed by atoms with Gasteiger partial charge in [0.15, 0.2) is 0 Å². The molecule has 0 saturated carbocycles. The highest BCUT2D eigenvalue weighted by molar-refractivity contribution is 4.79. The lowest BCUT2D eigenvalue weighted by molar-refractivity contribution is 0.175. The van der Waals surface area contributed by atoms with Crippen LogP contribution in [0.15, 0.2) is 0 Å². The molecule has 0 spiro atoms. The quantitative estimate of drug-likeness (QED) is 0.599. The SMILES string of the molecule is CCCCCC(C)NC(C)(C)CO. The van der Waals surface area contributed by atoms with E-state index in [-0.39, 0.29) is 12.1 Å². The van der Waals surface area contributed by atoms with Gasteiger partial charge in [0.25, 0.3) is 0 Å². The monoisotopic (exact) mass is 187 g/mol. The highest BCUT2D eigenvalue weighted by Crippen LogP contribution is 2.07. The third-order valence-electron chi connectivity index (χ3n) is 2.27. The molecule has 0 bridgehead atoms. The molecule has 2 N–H and O–H groups in total. The lowest BCUT2D eigenvalue weighted by Crippen LogP contribution is -2.47. The Bertz CT molecular complexity index is 123. The minimum atomic E-state index is -0.133. The maximum atomic E-state index is 9.05. The van der Waals surface area contributed by atoms with Crippen molar-refractivity contribution in [1.82, 2.24) is 5.32 Å². The van der Waals surface area contributed by atoms with Gasteiger partial charge < -0.3 is 10.4 Å². The molecule has 0 aromatic rings. The Kier molecular flexibility index (Phi) is 6.35. The van der Waals surface area contributed by atoms with Crippen molar-refractivity contribution in [2.24, 2.45) is 0 Å². The van der Waals surface area contributed by atoms with E-state index in [1.165, 1.54) is 25.7 Å². The molecule has 0 radical (unpaired) electrons. The molecule has 0 fully saturated rings. The molecule has 0 aromatic carbocycles. The van der Waals surface area contributed by atoms with Crippen molar-refractivity contribution in [2.75, 3.05) is 6.61 Å². The first kappa shape index (κ1) is 12.9. The van der Waals surface area contributed by atoms with Crippen LogP contribution in [0.5, 0.6) is 0 Å². The van der Waals surface area contributed by atoms with Crippen LogP contribution in [0.2, 0.25) is 0 Å². The average Bonchev–Trinajstić information content (AvgIpc) is 2.04.